The van der Waals surface area contributed by atoms with Gasteiger partial charge in [-0.05, 0) is 19.1 Å². The van der Waals surface area contributed by atoms with Crippen molar-refractivity contribution in [3.63, 3.8) is 0 Å². The van der Waals surface area contributed by atoms with Gasteiger partial charge in [0, 0.05) is 23.9 Å². The van der Waals surface area contributed by atoms with Gasteiger partial charge in [-0.2, -0.15) is 4.31 Å². The van der Waals surface area contributed by atoms with E-state index in [4.69, 9.17) is 16.1 Å². The summed E-state index contributed by atoms with van der Waals surface area (Å²) in [5.74, 6) is 0.115. The van der Waals surface area contributed by atoms with Gasteiger partial charge in [-0.15, -0.1) is 22.7 Å². The molecule has 3 aromatic rings. The normalized spacial score (nSPS) is 14.9. The van der Waals surface area contributed by atoms with Gasteiger partial charge in [0.25, 0.3) is 15.9 Å². The quantitative estimate of drug-likeness (QED) is 0.662. The molecule has 0 spiro atoms. The van der Waals surface area contributed by atoms with E-state index in [0.717, 1.165) is 21.9 Å². The van der Waals surface area contributed by atoms with Crippen molar-refractivity contribution in [2.75, 3.05) is 11.9 Å². The molecule has 1 aliphatic heterocycles. The lowest BCUT2D eigenvalue weighted by Crippen LogP contribution is -2.35. The number of amides is 1. The zero-order valence-electron chi connectivity index (χ0n) is 13.9. The van der Waals surface area contributed by atoms with Crippen LogP contribution in [0.25, 0.3) is 0 Å². The van der Waals surface area contributed by atoms with Gasteiger partial charge < -0.3 is 4.52 Å². The summed E-state index contributed by atoms with van der Waals surface area (Å²) in [5, 5.41) is 6.75. The van der Waals surface area contributed by atoms with Crippen molar-refractivity contribution in [3.8, 4) is 0 Å². The average Bonchev–Trinajstić information content (AvgIpc) is 3.33. The topological polar surface area (TPSA) is 105 Å². The van der Waals surface area contributed by atoms with E-state index in [0.29, 0.717) is 28.2 Å². The molecule has 1 aliphatic rings. The number of hydrogen-bond acceptors (Lipinski definition) is 8. The number of anilines is 1. The first-order valence-corrected chi connectivity index (χ1v) is 11.3. The number of hydrogen-bond donors (Lipinski definition) is 1. The Kier molecular flexibility index (Phi) is 4.80. The van der Waals surface area contributed by atoms with Gasteiger partial charge in [0.2, 0.25) is 0 Å². The lowest BCUT2D eigenvalue weighted by atomic mass is 10.2. The van der Waals surface area contributed by atoms with E-state index >= 15 is 0 Å². The van der Waals surface area contributed by atoms with E-state index in [9.17, 15) is 13.2 Å². The van der Waals surface area contributed by atoms with Crippen molar-refractivity contribution in [1.29, 1.82) is 0 Å². The molecule has 142 valence electrons. The highest BCUT2D eigenvalue weighted by atomic mass is 35.5. The molecule has 27 heavy (non-hydrogen) atoms. The van der Waals surface area contributed by atoms with E-state index < -0.39 is 15.9 Å². The predicted molar refractivity (Wildman–Crippen MR) is 102 cm³/mol. The number of nitrogens with zero attached hydrogens (tertiary/aromatic N) is 3. The van der Waals surface area contributed by atoms with E-state index in [1.165, 1.54) is 27.8 Å². The minimum absolute atomic E-state index is 0.166. The van der Waals surface area contributed by atoms with Crippen molar-refractivity contribution in [3.05, 3.63) is 44.6 Å². The van der Waals surface area contributed by atoms with Crippen molar-refractivity contribution < 1.29 is 17.7 Å². The summed E-state index contributed by atoms with van der Waals surface area (Å²) in [5.41, 5.74) is 0.960. The third-order valence-electron chi connectivity index (χ3n) is 3.92. The molecule has 0 saturated heterocycles. The highest BCUT2D eigenvalue weighted by Gasteiger charge is 2.31. The van der Waals surface area contributed by atoms with Crippen LogP contribution >= 0.6 is 34.3 Å². The van der Waals surface area contributed by atoms with Crippen molar-refractivity contribution in [2.45, 2.75) is 24.1 Å². The Hall–Kier alpha value is -1.79. The smallest absolute Gasteiger partial charge is 0.279 e. The Labute approximate surface area is 167 Å². The minimum atomic E-state index is -3.60. The lowest BCUT2D eigenvalue weighted by molar-refractivity contribution is 0.101. The van der Waals surface area contributed by atoms with Gasteiger partial charge in [-0.3, -0.25) is 10.1 Å². The number of thiazole rings is 1. The van der Waals surface area contributed by atoms with E-state index in [2.05, 4.69) is 15.5 Å². The third-order valence-corrected chi connectivity index (χ3v) is 8.46. The summed E-state index contributed by atoms with van der Waals surface area (Å²) in [6, 6.07) is 4.61. The SMILES string of the molecule is Cc1cc(C(=O)Nc2nc3c(s2)CN(S(=O)(=O)c2ccc(Cl)s2)CC3)no1. The first kappa shape index (κ1) is 18.6. The fraction of sp³-hybridized carbons (Fsp3) is 0.267. The Balaban J connectivity index is 1.51. The molecule has 4 heterocycles. The maximum absolute atomic E-state index is 12.8. The number of thiophene rings is 1. The first-order valence-electron chi connectivity index (χ1n) is 7.81. The van der Waals surface area contributed by atoms with E-state index in [-0.39, 0.29) is 16.4 Å². The van der Waals surface area contributed by atoms with Gasteiger partial charge in [-0.1, -0.05) is 16.8 Å². The van der Waals surface area contributed by atoms with Crippen LogP contribution in [0.1, 0.15) is 26.8 Å². The summed E-state index contributed by atoms with van der Waals surface area (Å²) in [6.45, 7) is 2.23. The van der Waals surface area contributed by atoms with Crippen LogP contribution < -0.4 is 5.32 Å². The summed E-state index contributed by atoms with van der Waals surface area (Å²) < 4.78 is 32.5. The summed E-state index contributed by atoms with van der Waals surface area (Å²) >= 11 is 8.15. The molecule has 0 radical (unpaired) electrons. The second-order valence-electron chi connectivity index (χ2n) is 5.81. The van der Waals surface area contributed by atoms with Gasteiger partial charge in [0.1, 0.15) is 9.97 Å². The third kappa shape index (κ3) is 3.65. The molecule has 0 bridgehead atoms. The van der Waals surface area contributed by atoms with Crippen LogP contribution in [0.3, 0.4) is 0 Å². The number of halogens is 1. The summed E-state index contributed by atoms with van der Waals surface area (Å²) in [6.07, 6.45) is 0.475. The second kappa shape index (κ2) is 6.99. The lowest BCUT2D eigenvalue weighted by Gasteiger charge is -2.24. The van der Waals surface area contributed by atoms with Crippen molar-refractivity contribution in [1.82, 2.24) is 14.4 Å². The van der Waals surface area contributed by atoms with Crippen LogP contribution in [0.4, 0.5) is 5.13 Å². The maximum atomic E-state index is 12.8. The number of carbonyl (C=O) groups is 1. The zero-order valence-corrected chi connectivity index (χ0v) is 17.1. The number of carbonyl (C=O) groups excluding carboxylic acids is 1. The molecule has 0 aliphatic carbocycles. The standard InChI is InChI=1S/C15H13ClN4O4S3/c1-8-6-10(19-24-8)14(21)18-15-17-9-4-5-20(7-11(9)25-15)27(22,23)13-3-2-12(16)26-13/h2-3,6H,4-5,7H2,1H3,(H,17,18,21). The number of rotatable bonds is 4. The number of nitrogens with one attached hydrogen (secondary N) is 1. The summed E-state index contributed by atoms with van der Waals surface area (Å²) in [4.78, 5) is 17.4. The molecule has 3 aromatic heterocycles. The minimum Gasteiger partial charge on any atom is -0.361 e. The molecule has 0 aromatic carbocycles. The van der Waals surface area contributed by atoms with Crippen LogP contribution in [0, 0.1) is 6.92 Å². The molecule has 12 heteroatoms. The average molecular weight is 445 g/mol. The number of sulfonamides is 1. The highest BCUT2D eigenvalue weighted by Crippen LogP contribution is 2.34. The van der Waals surface area contributed by atoms with Crippen LogP contribution in [0.2, 0.25) is 4.34 Å². The Morgan fingerprint density at radius 1 is 1.37 bits per heavy atom. The van der Waals surface area contributed by atoms with Crippen molar-refractivity contribution >= 4 is 55.3 Å². The Bertz CT molecular complexity index is 1120. The molecule has 0 atom stereocenters. The second-order valence-corrected chi connectivity index (χ2v) is 10.8. The molecule has 0 saturated carbocycles. The summed E-state index contributed by atoms with van der Waals surface area (Å²) in [7, 11) is -3.60. The molecule has 8 nitrogen and oxygen atoms in total. The molecule has 0 fully saturated rings. The predicted octanol–water partition coefficient (Wildman–Crippen LogP) is 3.15. The largest absolute Gasteiger partial charge is 0.361 e. The van der Waals surface area contributed by atoms with Gasteiger partial charge >= 0.3 is 0 Å². The Morgan fingerprint density at radius 2 is 2.19 bits per heavy atom. The van der Waals surface area contributed by atoms with Crippen LogP contribution in [-0.4, -0.2) is 35.3 Å². The molecule has 0 unspecified atom stereocenters. The van der Waals surface area contributed by atoms with Crippen molar-refractivity contribution in [2.24, 2.45) is 0 Å². The fourth-order valence-electron chi connectivity index (χ4n) is 2.63. The number of fused-ring (bicyclic) bond motifs is 1. The van der Waals surface area contributed by atoms with Crippen LogP contribution in [0.15, 0.2) is 26.9 Å². The highest BCUT2D eigenvalue weighted by molar-refractivity contribution is 7.91. The molecule has 1 amide bonds. The van der Waals surface area contributed by atoms with E-state index in [1.807, 2.05) is 0 Å². The monoisotopic (exact) mass is 444 g/mol. The molecular formula is C15H13ClN4O4S3. The fourth-order valence-corrected chi connectivity index (χ4v) is 6.78. The van der Waals surface area contributed by atoms with Gasteiger partial charge in [0.05, 0.1) is 16.6 Å². The molecule has 1 N–H and O–H groups in total. The molecular weight excluding hydrogens is 432 g/mol. The zero-order chi connectivity index (χ0) is 19.2. The van der Waals surface area contributed by atoms with Crippen LogP contribution in [-0.2, 0) is 23.0 Å². The maximum Gasteiger partial charge on any atom is 0.279 e. The Morgan fingerprint density at radius 3 is 2.85 bits per heavy atom. The van der Waals surface area contributed by atoms with E-state index in [1.54, 1.807) is 13.0 Å². The first-order chi connectivity index (χ1) is 12.8. The van der Waals surface area contributed by atoms with Gasteiger partial charge in [-0.25, -0.2) is 13.4 Å². The van der Waals surface area contributed by atoms with Gasteiger partial charge in [0.15, 0.2) is 10.8 Å². The number of aryl methyl sites for hydroxylation is 1. The number of aromatic nitrogens is 2. The molecule has 4 rings (SSSR count). The van der Waals surface area contributed by atoms with Crippen LogP contribution in [0.5, 0.6) is 0 Å².